The molecule has 2 aliphatic rings. The number of Topliss-reactive ketones (excluding diaryl/α,β-unsaturated/α-hetero) is 1. The zero-order chi connectivity index (χ0) is 24.3. The van der Waals surface area contributed by atoms with Crippen LogP contribution in [-0.2, 0) is 28.6 Å². The van der Waals surface area contributed by atoms with Crippen molar-refractivity contribution in [1.29, 1.82) is 0 Å². The molecule has 33 heavy (non-hydrogen) atoms. The molecule has 0 saturated carbocycles. The normalized spacial score (nSPS) is 22.8. The molecular formula is C25H30ClNO6. The molecule has 178 valence electrons. The predicted octanol–water partition coefficient (Wildman–Crippen LogP) is 3.92. The van der Waals surface area contributed by atoms with Crippen LogP contribution >= 0.6 is 11.6 Å². The molecule has 3 rings (SSSR count). The van der Waals surface area contributed by atoms with Gasteiger partial charge in [0, 0.05) is 27.9 Å². The van der Waals surface area contributed by atoms with Crippen molar-refractivity contribution in [3.63, 3.8) is 0 Å². The van der Waals surface area contributed by atoms with Gasteiger partial charge in [-0.2, -0.15) is 0 Å². The standard InChI is InChI=1S/C25H30ClNO6/c1-13(2)32-10-11-33-25(30)20-15(4)27-18-12-14(3)19(24(29)31-5)23(28)22(18)21(20)16-6-8-17(26)9-7-16/h6-9,13-14,19,21,27H,10-12H2,1-5H3/t14-,19+,21+/m1/s1. The van der Waals surface area contributed by atoms with E-state index in [-0.39, 0.29) is 31.0 Å². The molecule has 0 aromatic heterocycles. The summed E-state index contributed by atoms with van der Waals surface area (Å²) >= 11 is 6.09. The molecule has 0 spiro atoms. The van der Waals surface area contributed by atoms with Crippen LogP contribution in [0.4, 0.5) is 0 Å². The van der Waals surface area contributed by atoms with Crippen LogP contribution in [0.1, 0.15) is 45.6 Å². The van der Waals surface area contributed by atoms with Gasteiger partial charge < -0.3 is 19.5 Å². The number of methoxy groups -OCH3 is 1. The Bertz CT molecular complexity index is 995. The number of carbonyl (C=O) groups is 3. The molecular weight excluding hydrogens is 446 g/mol. The van der Waals surface area contributed by atoms with Gasteiger partial charge in [0.1, 0.15) is 12.5 Å². The van der Waals surface area contributed by atoms with E-state index < -0.39 is 23.8 Å². The molecule has 0 fully saturated rings. The first-order valence-corrected chi connectivity index (χ1v) is 11.4. The summed E-state index contributed by atoms with van der Waals surface area (Å²) in [5.74, 6) is -3.32. The zero-order valence-electron chi connectivity index (χ0n) is 19.6. The van der Waals surface area contributed by atoms with Crippen LogP contribution in [-0.4, -0.2) is 44.1 Å². The molecule has 0 bridgehead atoms. The monoisotopic (exact) mass is 475 g/mol. The second-order valence-corrected chi connectivity index (χ2v) is 9.08. The number of nitrogens with one attached hydrogen (secondary N) is 1. The van der Waals surface area contributed by atoms with Gasteiger partial charge >= 0.3 is 11.9 Å². The van der Waals surface area contributed by atoms with E-state index in [4.69, 9.17) is 25.8 Å². The summed E-state index contributed by atoms with van der Waals surface area (Å²) in [5, 5.41) is 3.77. The summed E-state index contributed by atoms with van der Waals surface area (Å²) in [5.41, 5.74) is 2.75. The summed E-state index contributed by atoms with van der Waals surface area (Å²) in [4.78, 5) is 39.2. The van der Waals surface area contributed by atoms with Gasteiger partial charge in [-0.25, -0.2) is 4.79 Å². The van der Waals surface area contributed by atoms with E-state index in [1.54, 1.807) is 31.2 Å². The van der Waals surface area contributed by atoms with Crippen molar-refractivity contribution in [3.05, 3.63) is 57.4 Å². The highest BCUT2D eigenvalue weighted by Crippen LogP contribution is 2.45. The minimum absolute atomic E-state index is 0.0210. The van der Waals surface area contributed by atoms with Crippen LogP contribution in [0, 0.1) is 11.8 Å². The number of rotatable bonds is 7. The van der Waals surface area contributed by atoms with Gasteiger partial charge in [0.2, 0.25) is 0 Å². The van der Waals surface area contributed by atoms with E-state index in [0.717, 1.165) is 0 Å². The third kappa shape index (κ3) is 5.31. The molecule has 8 heteroatoms. The van der Waals surface area contributed by atoms with Gasteiger partial charge in [-0.3, -0.25) is 9.59 Å². The topological polar surface area (TPSA) is 90.9 Å². The lowest BCUT2D eigenvalue weighted by Crippen LogP contribution is -2.43. The molecule has 1 aliphatic heterocycles. The first-order valence-electron chi connectivity index (χ1n) is 11.0. The van der Waals surface area contributed by atoms with E-state index in [1.807, 2.05) is 20.8 Å². The number of carbonyl (C=O) groups excluding carboxylic acids is 3. The Morgan fingerprint density at radius 2 is 1.85 bits per heavy atom. The molecule has 0 radical (unpaired) electrons. The third-order valence-corrected chi connectivity index (χ3v) is 6.19. The Balaban J connectivity index is 2.02. The smallest absolute Gasteiger partial charge is 0.336 e. The molecule has 0 saturated heterocycles. The van der Waals surface area contributed by atoms with Crippen molar-refractivity contribution in [2.75, 3.05) is 20.3 Å². The Morgan fingerprint density at radius 1 is 1.18 bits per heavy atom. The molecule has 1 aromatic rings. The minimum atomic E-state index is -0.930. The van der Waals surface area contributed by atoms with Crippen LogP contribution < -0.4 is 5.32 Å². The Morgan fingerprint density at radius 3 is 2.45 bits per heavy atom. The van der Waals surface area contributed by atoms with E-state index in [9.17, 15) is 14.4 Å². The number of ketones is 1. The second kappa shape index (κ2) is 10.5. The SMILES string of the molecule is COC(=O)[C@@H]1C(=O)C2=C(C[C@H]1C)NC(C)=C(C(=O)OCCOC(C)C)[C@@H]2c1ccc(Cl)cc1. The highest BCUT2D eigenvalue weighted by atomic mass is 35.5. The fourth-order valence-corrected chi connectivity index (χ4v) is 4.56. The van der Waals surface area contributed by atoms with Crippen LogP contribution in [0.2, 0.25) is 5.02 Å². The minimum Gasteiger partial charge on any atom is -0.468 e. The van der Waals surface area contributed by atoms with Crippen molar-refractivity contribution in [2.24, 2.45) is 11.8 Å². The summed E-state index contributed by atoms with van der Waals surface area (Å²) in [7, 11) is 1.27. The maximum absolute atomic E-state index is 13.6. The van der Waals surface area contributed by atoms with E-state index in [1.165, 1.54) is 7.11 Å². The zero-order valence-corrected chi connectivity index (χ0v) is 20.3. The van der Waals surface area contributed by atoms with Crippen LogP contribution in [0.25, 0.3) is 0 Å². The second-order valence-electron chi connectivity index (χ2n) is 8.64. The number of hydrogen-bond donors (Lipinski definition) is 1. The number of halogens is 1. The highest BCUT2D eigenvalue weighted by Gasteiger charge is 2.47. The quantitative estimate of drug-likeness (QED) is 0.363. The Hall–Kier alpha value is -2.64. The maximum Gasteiger partial charge on any atom is 0.336 e. The Labute approximate surface area is 199 Å². The Kier molecular flexibility index (Phi) is 7.97. The summed E-state index contributed by atoms with van der Waals surface area (Å²) in [6, 6.07) is 6.98. The summed E-state index contributed by atoms with van der Waals surface area (Å²) in [6.07, 6.45) is 0.500. The number of esters is 2. The molecule has 0 unspecified atom stereocenters. The predicted molar refractivity (Wildman–Crippen MR) is 123 cm³/mol. The van der Waals surface area contributed by atoms with Crippen molar-refractivity contribution in [2.45, 2.75) is 46.1 Å². The fourth-order valence-electron chi connectivity index (χ4n) is 4.44. The van der Waals surface area contributed by atoms with E-state index in [2.05, 4.69) is 5.32 Å². The number of dihydropyridines is 1. The molecule has 1 heterocycles. The van der Waals surface area contributed by atoms with Gasteiger partial charge in [0.15, 0.2) is 5.78 Å². The van der Waals surface area contributed by atoms with Gasteiger partial charge in [0.05, 0.1) is 25.4 Å². The van der Waals surface area contributed by atoms with Gasteiger partial charge in [-0.15, -0.1) is 0 Å². The maximum atomic E-state index is 13.6. The number of ether oxygens (including phenoxy) is 3. The first kappa shape index (κ1) is 25.0. The van der Waals surface area contributed by atoms with E-state index in [0.29, 0.717) is 39.5 Å². The van der Waals surface area contributed by atoms with E-state index >= 15 is 0 Å². The largest absolute Gasteiger partial charge is 0.468 e. The van der Waals surface area contributed by atoms with Crippen LogP contribution in [0.3, 0.4) is 0 Å². The molecule has 3 atom stereocenters. The van der Waals surface area contributed by atoms with Crippen LogP contribution in [0.15, 0.2) is 46.8 Å². The third-order valence-electron chi connectivity index (χ3n) is 5.93. The van der Waals surface area contributed by atoms with Gasteiger partial charge in [0.25, 0.3) is 0 Å². The summed E-state index contributed by atoms with van der Waals surface area (Å²) in [6.45, 7) is 7.79. The molecule has 1 aromatic carbocycles. The highest BCUT2D eigenvalue weighted by molar-refractivity contribution is 6.30. The van der Waals surface area contributed by atoms with Crippen molar-refractivity contribution < 1.29 is 28.6 Å². The number of hydrogen-bond acceptors (Lipinski definition) is 7. The average Bonchev–Trinajstić information content (AvgIpc) is 2.75. The molecule has 1 N–H and O–H groups in total. The number of benzene rings is 1. The van der Waals surface area contributed by atoms with Crippen molar-refractivity contribution in [3.8, 4) is 0 Å². The molecule has 1 aliphatic carbocycles. The fraction of sp³-hybridized carbons (Fsp3) is 0.480. The summed E-state index contributed by atoms with van der Waals surface area (Å²) < 4.78 is 15.9. The molecule has 0 amide bonds. The lowest BCUT2D eigenvalue weighted by atomic mass is 9.69. The van der Waals surface area contributed by atoms with Gasteiger partial charge in [-0.1, -0.05) is 30.7 Å². The first-order chi connectivity index (χ1) is 15.6. The lowest BCUT2D eigenvalue weighted by Gasteiger charge is -2.38. The average molecular weight is 476 g/mol. The number of allylic oxidation sites excluding steroid dienone is 3. The molecule has 7 nitrogen and oxygen atoms in total. The van der Waals surface area contributed by atoms with Crippen LogP contribution in [0.5, 0.6) is 0 Å². The lowest BCUT2D eigenvalue weighted by molar-refractivity contribution is -0.151. The van der Waals surface area contributed by atoms with Crippen molar-refractivity contribution in [1.82, 2.24) is 5.32 Å². The van der Waals surface area contributed by atoms with Gasteiger partial charge in [-0.05, 0) is 50.8 Å². The van der Waals surface area contributed by atoms with Crippen molar-refractivity contribution >= 4 is 29.3 Å².